The fourth-order valence-electron chi connectivity index (χ4n) is 1.95. The molecule has 1 unspecified atom stereocenters. The molecule has 1 saturated heterocycles. The monoisotopic (exact) mass is 315 g/mol. The Morgan fingerprint density at radius 3 is 2.62 bits per heavy atom. The highest BCUT2D eigenvalue weighted by atomic mass is 32.2. The summed E-state index contributed by atoms with van der Waals surface area (Å²) in [5.41, 5.74) is -0.561. The van der Waals surface area contributed by atoms with Crippen molar-refractivity contribution in [1.29, 1.82) is 0 Å². The van der Waals surface area contributed by atoms with Gasteiger partial charge in [0.05, 0.1) is 28.4 Å². The van der Waals surface area contributed by atoms with Crippen LogP contribution in [0, 0.1) is 5.82 Å². The van der Waals surface area contributed by atoms with Gasteiger partial charge in [0.2, 0.25) is 5.16 Å². The van der Waals surface area contributed by atoms with E-state index in [9.17, 15) is 13.4 Å². The predicted octanol–water partition coefficient (Wildman–Crippen LogP) is 1.73. The van der Waals surface area contributed by atoms with Crippen LogP contribution >= 0.6 is 0 Å². The third-order valence-electron chi connectivity index (χ3n) is 2.88. The van der Waals surface area contributed by atoms with Crippen LogP contribution in [-0.2, 0) is 15.5 Å². The largest absolute Gasteiger partial charge is 0.444 e. The number of ether oxygens (including phenoxy) is 1. The molecule has 2 heterocycles. The van der Waals surface area contributed by atoms with E-state index in [2.05, 4.69) is 9.97 Å². The fraction of sp³-hybridized carbons (Fsp3) is 0.615. The number of rotatable bonds is 2. The maximum atomic E-state index is 12.8. The molecule has 1 aliphatic heterocycles. The molecular weight excluding hydrogens is 297 g/mol. The zero-order valence-corrected chi connectivity index (χ0v) is 13.0. The summed E-state index contributed by atoms with van der Waals surface area (Å²) in [6.45, 7) is 6.18. The maximum Gasteiger partial charge on any atom is 0.410 e. The molecule has 0 saturated carbocycles. The molecule has 0 aromatic carbocycles. The Bertz CT molecular complexity index is 545. The van der Waals surface area contributed by atoms with E-state index in [1.807, 2.05) is 0 Å². The summed E-state index contributed by atoms with van der Waals surface area (Å²) in [7, 11) is -1.47. The molecule has 21 heavy (non-hydrogen) atoms. The number of hydrogen-bond acceptors (Lipinski definition) is 5. The molecule has 1 fully saturated rings. The number of carbonyl (C=O) groups is 1. The number of halogens is 1. The lowest BCUT2D eigenvalue weighted by Crippen LogP contribution is -2.36. The van der Waals surface area contributed by atoms with Gasteiger partial charge in [0.25, 0.3) is 0 Å². The molecule has 0 aliphatic carbocycles. The second-order valence-corrected chi connectivity index (χ2v) is 7.44. The first-order valence-corrected chi connectivity index (χ1v) is 7.83. The van der Waals surface area contributed by atoms with Crippen molar-refractivity contribution in [2.75, 3.05) is 13.1 Å². The van der Waals surface area contributed by atoms with Gasteiger partial charge in [0.15, 0.2) is 5.82 Å². The number of aromatic nitrogens is 2. The molecule has 1 aromatic heterocycles. The third-order valence-corrected chi connectivity index (χ3v) is 4.44. The van der Waals surface area contributed by atoms with E-state index in [-0.39, 0.29) is 10.4 Å². The van der Waals surface area contributed by atoms with Crippen LogP contribution < -0.4 is 0 Å². The molecule has 0 bridgehead atoms. The molecule has 1 aromatic rings. The first kappa shape index (κ1) is 15.8. The zero-order chi connectivity index (χ0) is 15.6. The predicted molar refractivity (Wildman–Crippen MR) is 74.6 cm³/mol. The minimum Gasteiger partial charge on any atom is -0.444 e. The highest BCUT2D eigenvalue weighted by Gasteiger charge is 2.34. The summed E-state index contributed by atoms with van der Waals surface area (Å²) < 4.78 is 30.3. The van der Waals surface area contributed by atoms with Crippen LogP contribution in [-0.4, -0.2) is 49.1 Å². The van der Waals surface area contributed by atoms with Crippen LogP contribution in [0.25, 0.3) is 0 Å². The Kier molecular flexibility index (Phi) is 4.55. The second kappa shape index (κ2) is 6.05. The van der Waals surface area contributed by atoms with Crippen molar-refractivity contribution in [2.45, 2.75) is 43.2 Å². The third kappa shape index (κ3) is 4.20. The summed E-state index contributed by atoms with van der Waals surface area (Å²) in [4.78, 5) is 20.9. The van der Waals surface area contributed by atoms with E-state index >= 15 is 0 Å². The lowest BCUT2D eigenvalue weighted by molar-refractivity contribution is 0.0295. The van der Waals surface area contributed by atoms with Gasteiger partial charge in [0, 0.05) is 13.1 Å². The van der Waals surface area contributed by atoms with Gasteiger partial charge in [-0.3, -0.25) is 4.21 Å². The Labute approximate surface area is 125 Å². The van der Waals surface area contributed by atoms with Gasteiger partial charge in [0.1, 0.15) is 5.60 Å². The molecule has 116 valence electrons. The zero-order valence-electron chi connectivity index (χ0n) is 12.2. The van der Waals surface area contributed by atoms with Gasteiger partial charge in [-0.15, -0.1) is 0 Å². The quantitative estimate of drug-likeness (QED) is 0.777. The average Bonchev–Trinajstić information content (AvgIpc) is 2.86. The summed E-state index contributed by atoms with van der Waals surface area (Å²) in [6.07, 6.45) is 2.14. The van der Waals surface area contributed by atoms with Gasteiger partial charge < -0.3 is 9.64 Å². The van der Waals surface area contributed by atoms with Gasteiger partial charge >= 0.3 is 6.09 Å². The number of likely N-dealkylation sites (tertiary alicyclic amines) is 1. The van der Waals surface area contributed by atoms with E-state index in [1.165, 1.54) is 4.90 Å². The molecule has 1 amide bonds. The number of amides is 1. The van der Waals surface area contributed by atoms with Gasteiger partial charge in [-0.05, 0) is 27.2 Å². The highest BCUT2D eigenvalue weighted by Crippen LogP contribution is 2.20. The normalized spacial score (nSPS) is 20.4. The maximum absolute atomic E-state index is 12.8. The molecule has 2 rings (SSSR count). The van der Waals surface area contributed by atoms with Crippen molar-refractivity contribution >= 4 is 16.9 Å². The number of nitrogens with zero attached hydrogens (tertiary/aromatic N) is 3. The molecule has 2 atom stereocenters. The number of hydrogen-bond donors (Lipinski definition) is 0. The van der Waals surface area contributed by atoms with Crippen molar-refractivity contribution in [3.05, 3.63) is 18.2 Å². The highest BCUT2D eigenvalue weighted by molar-refractivity contribution is 7.85. The molecule has 0 spiro atoms. The summed E-state index contributed by atoms with van der Waals surface area (Å²) in [5, 5.41) is -0.171. The van der Waals surface area contributed by atoms with Crippen molar-refractivity contribution in [1.82, 2.24) is 14.9 Å². The van der Waals surface area contributed by atoms with E-state index in [0.29, 0.717) is 19.5 Å². The fourth-order valence-corrected chi connectivity index (χ4v) is 3.19. The van der Waals surface area contributed by atoms with E-state index in [4.69, 9.17) is 4.74 Å². The lowest BCUT2D eigenvalue weighted by atomic mass is 10.2. The van der Waals surface area contributed by atoms with E-state index < -0.39 is 28.3 Å². The Morgan fingerprint density at radius 2 is 2.05 bits per heavy atom. The van der Waals surface area contributed by atoms with Crippen LogP contribution in [0.4, 0.5) is 9.18 Å². The summed E-state index contributed by atoms with van der Waals surface area (Å²) >= 11 is 0. The molecule has 8 heteroatoms. The minimum atomic E-state index is -1.47. The van der Waals surface area contributed by atoms with Crippen molar-refractivity contribution in [2.24, 2.45) is 0 Å². The Morgan fingerprint density at radius 1 is 1.43 bits per heavy atom. The SMILES string of the molecule is CC(C)(C)OC(=O)N1CC[C@H](S(=O)c2ncc(F)cn2)C1. The lowest BCUT2D eigenvalue weighted by Gasteiger charge is -2.24. The van der Waals surface area contributed by atoms with Crippen molar-refractivity contribution in [3.63, 3.8) is 0 Å². The molecule has 0 radical (unpaired) electrons. The molecule has 1 aliphatic rings. The minimum absolute atomic E-state index is 0.0902. The smallest absolute Gasteiger partial charge is 0.410 e. The van der Waals surface area contributed by atoms with Crippen LogP contribution in [0.1, 0.15) is 27.2 Å². The van der Waals surface area contributed by atoms with Crippen molar-refractivity contribution < 1.29 is 18.1 Å². The molecular formula is C13H18FN3O3S. The first-order chi connectivity index (χ1) is 9.76. The summed E-state index contributed by atoms with van der Waals surface area (Å²) in [5.74, 6) is -0.572. The van der Waals surface area contributed by atoms with Gasteiger partial charge in [-0.25, -0.2) is 19.2 Å². The Hall–Kier alpha value is -1.57. The van der Waals surface area contributed by atoms with Crippen LogP contribution in [0.2, 0.25) is 0 Å². The van der Waals surface area contributed by atoms with E-state index in [0.717, 1.165) is 12.4 Å². The molecule has 0 N–H and O–H groups in total. The summed E-state index contributed by atoms with van der Waals surface area (Å²) in [6, 6.07) is 0. The van der Waals surface area contributed by atoms with Gasteiger partial charge in [-0.1, -0.05) is 0 Å². The van der Waals surface area contributed by atoms with Crippen LogP contribution in [0.3, 0.4) is 0 Å². The molecule has 6 nitrogen and oxygen atoms in total. The Balaban J connectivity index is 1.97. The average molecular weight is 315 g/mol. The van der Waals surface area contributed by atoms with Crippen molar-refractivity contribution in [3.8, 4) is 0 Å². The topological polar surface area (TPSA) is 72.4 Å². The van der Waals surface area contributed by atoms with E-state index in [1.54, 1.807) is 20.8 Å². The standard InChI is InChI=1S/C13H18FN3O3S/c1-13(2,3)20-12(18)17-5-4-10(8-17)21(19)11-15-6-9(14)7-16-11/h6-7,10H,4-5,8H2,1-3H3/t10-,21?/m0/s1. The first-order valence-electron chi connectivity index (χ1n) is 6.62. The van der Waals surface area contributed by atoms with Crippen LogP contribution in [0.5, 0.6) is 0 Å². The second-order valence-electron chi connectivity index (χ2n) is 5.82. The van der Waals surface area contributed by atoms with Crippen LogP contribution in [0.15, 0.2) is 17.6 Å². The van der Waals surface area contributed by atoms with Gasteiger partial charge in [-0.2, -0.15) is 0 Å². The number of carbonyl (C=O) groups excluding carboxylic acids is 1.